The Morgan fingerprint density at radius 2 is 1.70 bits per heavy atom. The molecule has 2 amide bonds. The summed E-state index contributed by atoms with van der Waals surface area (Å²) in [5, 5.41) is 10.6. The number of halogens is 3. The van der Waals surface area contributed by atoms with E-state index in [0.717, 1.165) is 6.07 Å². The number of rotatable bonds is 3. The summed E-state index contributed by atoms with van der Waals surface area (Å²) in [6.07, 6.45) is -2.90. The van der Waals surface area contributed by atoms with Gasteiger partial charge in [0.25, 0.3) is 11.8 Å². The van der Waals surface area contributed by atoms with E-state index in [-0.39, 0.29) is 35.2 Å². The quantitative estimate of drug-likeness (QED) is 0.652. The highest BCUT2D eigenvalue weighted by Gasteiger charge is 2.44. The zero-order valence-electron chi connectivity index (χ0n) is 17.7. The molecule has 172 valence electrons. The van der Waals surface area contributed by atoms with Gasteiger partial charge in [0.2, 0.25) is 5.82 Å². The van der Waals surface area contributed by atoms with Crippen LogP contribution in [-0.4, -0.2) is 64.5 Å². The van der Waals surface area contributed by atoms with E-state index < -0.39 is 11.7 Å². The number of fused-ring (bicyclic) bond motifs is 2. The summed E-state index contributed by atoms with van der Waals surface area (Å²) in [5.41, 5.74) is 0.360. The van der Waals surface area contributed by atoms with Crippen LogP contribution in [0.1, 0.15) is 26.5 Å². The Bertz CT molecular complexity index is 1230. The van der Waals surface area contributed by atoms with Crippen molar-refractivity contribution in [1.82, 2.24) is 24.8 Å². The minimum absolute atomic E-state index is 0.0656. The lowest BCUT2D eigenvalue weighted by atomic mass is 10.0. The molecule has 2 saturated heterocycles. The molecule has 0 radical (unpaired) electrons. The van der Waals surface area contributed by atoms with E-state index in [1.807, 2.05) is 0 Å². The number of nitrogens with zero attached hydrogens (tertiary/aromatic N) is 5. The molecule has 2 atom stereocenters. The Morgan fingerprint density at radius 3 is 2.36 bits per heavy atom. The van der Waals surface area contributed by atoms with Crippen LogP contribution in [0, 0.1) is 11.8 Å². The molecule has 5 rings (SSSR count). The van der Waals surface area contributed by atoms with Gasteiger partial charge in [-0.15, -0.1) is 10.2 Å². The SMILES string of the molecule is CNC(=O)c1ccc2nnc(C(=O)N3C[C@@H]4CN(c5ccccc5C(F)(F)F)C[C@@H]4C3)n2c1. The molecule has 2 aliphatic rings. The number of para-hydroxylation sites is 1. The number of carbonyl (C=O) groups excluding carboxylic acids is 2. The molecule has 2 aromatic heterocycles. The van der Waals surface area contributed by atoms with Crippen molar-refractivity contribution in [2.75, 3.05) is 38.1 Å². The van der Waals surface area contributed by atoms with Gasteiger partial charge in [-0.2, -0.15) is 13.2 Å². The second-order valence-electron chi connectivity index (χ2n) is 8.40. The fourth-order valence-electron chi connectivity index (χ4n) is 4.80. The third-order valence-corrected chi connectivity index (χ3v) is 6.41. The molecule has 11 heteroatoms. The van der Waals surface area contributed by atoms with Crippen molar-refractivity contribution in [2.45, 2.75) is 6.18 Å². The van der Waals surface area contributed by atoms with E-state index in [9.17, 15) is 22.8 Å². The predicted octanol–water partition coefficient (Wildman–Crippen LogP) is 2.32. The first-order valence-electron chi connectivity index (χ1n) is 10.5. The Balaban J connectivity index is 1.33. The predicted molar refractivity (Wildman–Crippen MR) is 113 cm³/mol. The van der Waals surface area contributed by atoms with Crippen molar-refractivity contribution in [2.24, 2.45) is 11.8 Å². The number of hydrogen-bond acceptors (Lipinski definition) is 5. The monoisotopic (exact) mass is 458 g/mol. The number of nitrogens with one attached hydrogen (secondary N) is 1. The molecule has 8 nitrogen and oxygen atoms in total. The molecule has 0 aliphatic carbocycles. The van der Waals surface area contributed by atoms with E-state index in [1.54, 1.807) is 28.0 Å². The van der Waals surface area contributed by atoms with Gasteiger partial charge in [0.05, 0.1) is 11.1 Å². The number of hydrogen-bond donors (Lipinski definition) is 1. The summed E-state index contributed by atoms with van der Waals surface area (Å²) in [4.78, 5) is 28.6. The summed E-state index contributed by atoms with van der Waals surface area (Å²) in [6, 6.07) is 8.82. The number of likely N-dealkylation sites (tertiary alicyclic amines) is 1. The third kappa shape index (κ3) is 3.66. The lowest BCUT2D eigenvalue weighted by Gasteiger charge is -2.25. The van der Waals surface area contributed by atoms with Crippen LogP contribution in [0.25, 0.3) is 5.65 Å². The number of aromatic nitrogens is 3. The summed E-state index contributed by atoms with van der Waals surface area (Å²) in [6.45, 7) is 1.75. The van der Waals surface area contributed by atoms with Crippen molar-refractivity contribution in [3.63, 3.8) is 0 Å². The van der Waals surface area contributed by atoms with Gasteiger partial charge in [-0.25, -0.2) is 0 Å². The fraction of sp³-hybridized carbons (Fsp3) is 0.364. The Labute approximate surface area is 187 Å². The van der Waals surface area contributed by atoms with E-state index in [1.165, 1.54) is 29.8 Å². The molecule has 2 aliphatic heterocycles. The van der Waals surface area contributed by atoms with E-state index in [2.05, 4.69) is 15.5 Å². The second kappa shape index (κ2) is 7.75. The second-order valence-corrected chi connectivity index (χ2v) is 8.40. The van der Waals surface area contributed by atoms with Crippen LogP contribution >= 0.6 is 0 Å². The third-order valence-electron chi connectivity index (χ3n) is 6.41. The average molecular weight is 458 g/mol. The average Bonchev–Trinajstić information content (AvgIpc) is 3.50. The zero-order chi connectivity index (χ0) is 23.3. The molecule has 0 unspecified atom stereocenters. The highest BCUT2D eigenvalue weighted by molar-refractivity contribution is 5.95. The summed E-state index contributed by atoms with van der Waals surface area (Å²) in [5.74, 6) is -0.367. The largest absolute Gasteiger partial charge is 0.418 e. The minimum Gasteiger partial charge on any atom is -0.370 e. The van der Waals surface area contributed by atoms with Gasteiger partial charge in [-0.1, -0.05) is 12.1 Å². The number of alkyl halides is 3. The van der Waals surface area contributed by atoms with Gasteiger partial charge in [0, 0.05) is 56.9 Å². The molecule has 0 bridgehead atoms. The molecular weight excluding hydrogens is 437 g/mol. The summed E-state index contributed by atoms with van der Waals surface area (Å²) >= 11 is 0. The van der Waals surface area contributed by atoms with Gasteiger partial charge in [0.15, 0.2) is 5.65 Å². The van der Waals surface area contributed by atoms with Crippen LogP contribution in [0.5, 0.6) is 0 Å². The molecule has 33 heavy (non-hydrogen) atoms. The Morgan fingerprint density at radius 1 is 1.00 bits per heavy atom. The number of anilines is 1. The maximum atomic E-state index is 13.4. The lowest BCUT2D eigenvalue weighted by molar-refractivity contribution is -0.137. The number of amides is 2. The van der Waals surface area contributed by atoms with E-state index >= 15 is 0 Å². The van der Waals surface area contributed by atoms with Crippen molar-refractivity contribution in [3.05, 3.63) is 59.5 Å². The van der Waals surface area contributed by atoms with Gasteiger partial charge in [-0.3, -0.25) is 14.0 Å². The summed E-state index contributed by atoms with van der Waals surface area (Å²) < 4.78 is 41.8. The van der Waals surface area contributed by atoms with Crippen molar-refractivity contribution < 1.29 is 22.8 Å². The van der Waals surface area contributed by atoms with Crippen molar-refractivity contribution in [1.29, 1.82) is 0 Å². The Kier molecular flexibility index (Phi) is 4.98. The normalized spacial score (nSPS) is 20.4. The topological polar surface area (TPSA) is 82.8 Å². The highest BCUT2D eigenvalue weighted by Crippen LogP contribution is 2.40. The van der Waals surface area contributed by atoms with Gasteiger partial charge in [-0.05, 0) is 24.3 Å². The van der Waals surface area contributed by atoms with Crippen molar-refractivity contribution >= 4 is 23.1 Å². The summed E-state index contributed by atoms with van der Waals surface area (Å²) in [7, 11) is 1.52. The maximum absolute atomic E-state index is 13.4. The number of benzene rings is 1. The number of carbonyl (C=O) groups is 2. The first-order chi connectivity index (χ1) is 15.8. The molecule has 4 heterocycles. The molecule has 1 aromatic carbocycles. The first-order valence-corrected chi connectivity index (χ1v) is 10.5. The van der Waals surface area contributed by atoms with E-state index in [4.69, 9.17) is 0 Å². The standard InChI is InChI=1S/C22H21F3N6O2/c1-26-20(32)13-6-7-18-27-28-19(31(18)12-13)21(33)30-10-14-8-29(9-15(14)11-30)17-5-3-2-4-16(17)22(23,24)25/h2-7,12,14-15H,8-11H2,1H3,(H,26,32)/t14-,15+. The molecule has 2 fully saturated rings. The molecule has 3 aromatic rings. The fourth-order valence-corrected chi connectivity index (χ4v) is 4.80. The van der Waals surface area contributed by atoms with Crippen LogP contribution < -0.4 is 10.2 Å². The van der Waals surface area contributed by atoms with E-state index in [0.29, 0.717) is 37.4 Å². The number of pyridine rings is 1. The first kappa shape index (κ1) is 21.2. The van der Waals surface area contributed by atoms with Crippen LogP contribution in [0.4, 0.5) is 18.9 Å². The smallest absolute Gasteiger partial charge is 0.370 e. The molecule has 1 N–H and O–H groups in total. The molecular formula is C22H21F3N6O2. The van der Waals surface area contributed by atoms with Crippen LogP contribution in [-0.2, 0) is 6.18 Å². The molecule has 0 spiro atoms. The van der Waals surface area contributed by atoms with Crippen LogP contribution in [0.15, 0.2) is 42.6 Å². The highest BCUT2D eigenvalue weighted by atomic mass is 19.4. The minimum atomic E-state index is -4.42. The van der Waals surface area contributed by atoms with Gasteiger partial charge in [0.1, 0.15) is 0 Å². The maximum Gasteiger partial charge on any atom is 0.418 e. The zero-order valence-corrected chi connectivity index (χ0v) is 17.7. The van der Waals surface area contributed by atoms with Gasteiger partial charge < -0.3 is 15.1 Å². The Hall–Kier alpha value is -3.63. The van der Waals surface area contributed by atoms with Crippen LogP contribution in [0.3, 0.4) is 0 Å². The van der Waals surface area contributed by atoms with Gasteiger partial charge >= 0.3 is 6.18 Å². The lowest BCUT2D eigenvalue weighted by Crippen LogP contribution is -2.34. The molecule has 0 saturated carbocycles. The van der Waals surface area contributed by atoms with Crippen molar-refractivity contribution in [3.8, 4) is 0 Å². The van der Waals surface area contributed by atoms with Crippen LogP contribution in [0.2, 0.25) is 0 Å².